The summed E-state index contributed by atoms with van der Waals surface area (Å²) in [5.74, 6) is -0.516. The van der Waals surface area contributed by atoms with Gasteiger partial charge in [0.05, 0.1) is 18.2 Å². The minimum Gasteiger partial charge on any atom is -0.271 e. The quantitative estimate of drug-likeness (QED) is 0.635. The molecule has 0 spiro atoms. The molecule has 0 aromatic heterocycles. The van der Waals surface area contributed by atoms with E-state index in [1.54, 1.807) is 30.3 Å². The van der Waals surface area contributed by atoms with Gasteiger partial charge in [-0.05, 0) is 31.5 Å². The van der Waals surface area contributed by atoms with Gasteiger partial charge in [-0.3, -0.25) is 9.10 Å². The van der Waals surface area contributed by atoms with Crippen LogP contribution in [0.1, 0.15) is 18.1 Å². The summed E-state index contributed by atoms with van der Waals surface area (Å²) in [7, 11) is -3.62. The summed E-state index contributed by atoms with van der Waals surface area (Å²) in [4.78, 5) is 12.3. The Kier molecular flexibility index (Phi) is 5.93. The second-order valence-corrected chi connectivity index (χ2v) is 7.57. The summed E-state index contributed by atoms with van der Waals surface area (Å²) in [5, 5.41) is 3.90. The zero-order valence-corrected chi connectivity index (χ0v) is 15.2. The number of carbonyl (C=O) groups excluding carboxylic acids is 1. The molecule has 0 saturated heterocycles. The van der Waals surface area contributed by atoms with Gasteiger partial charge in [0, 0.05) is 0 Å². The van der Waals surface area contributed by atoms with Crippen LogP contribution in [0.3, 0.4) is 0 Å². The van der Waals surface area contributed by atoms with E-state index in [2.05, 4.69) is 10.5 Å². The first-order valence-electron chi connectivity index (χ1n) is 7.73. The molecule has 0 aliphatic carbocycles. The van der Waals surface area contributed by atoms with E-state index in [0.29, 0.717) is 5.69 Å². The third-order valence-electron chi connectivity index (χ3n) is 3.56. The van der Waals surface area contributed by atoms with Crippen molar-refractivity contribution in [3.05, 3.63) is 65.7 Å². The van der Waals surface area contributed by atoms with Crippen LogP contribution < -0.4 is 9.73 Å². The fourth-order valence-electron chi connectivity index (χ4n) is 2.30. The van der Waals surface area contributed by atoms with Crippen LogP contribution in [-0.2, 0) is 14.8 Å². The van der Waals surface area contributed by atoms with Crippen LogP contribution in [0.4, 0.5) is 5.69 Å². The molecule has 25 heavy (non-hydrogen) atoms. The topological polar surface area (TPSA) is 78.8 Å². The van der Waals surface area contributed by atoms with Crippen LogP contribution in [0.5, 0.6) is 0 Å². The molecular formula is C18H21N3O3S. The smallest absolute Gasteiger partial charge is 0.263 e. The van der Waals surface area contributed by atoms with E-state index in [4.69, 9.17) is 0 Å². The number of hydrogen-bond donors (Lipinski definition) is 1. The highest BCUT2D eigenvalue weighted by atomic mass is 32.2. The summed E-state index contributed by atoms with van der Waals surface area (Å²) in [6.07, 6.45) is 2.58. The lowest BCUT2D eigenvalue weighted by molar-refractivity contribution is -0.121. The first-order valence-corrected chi connectivity index (χ1v) is 9.58. The van der Waals surface area contributed by atoms with Gasteiger partial charge in [-0.2, -0.15) is 5.10 Å². The Balaban J connectivity index is 2.12. The van der Waals surface area contributed by atoms with Gasteiger partial charge in [-0.15, -0.1) is 0 Å². The van der Waals surface area contributed by atoms with E-state index in [1.165, 1.54) is 13.1 Å². The predicted octanol–water partition coefficient (Wildman–Crippen LogP) is 2.30. The largest absolute Gasteiger partial charge is 0.271 e. The van der Waals surface area contributed by atoms with E-state index in [9.17, 15) is 13.2 Å². The van der Waals surface area contributed by atoms with Gasteiger partial charge in [0.2, 0.25) is 10.0 Å². The zero-order chi connectivity index (χ0) is 18.4. The van der Waals surface area contributed by atoms with E-state index in [0.717, 1.165) is 21.7 Å². The van der Waals surface area contributed by atoms with E-state index < -0.39 is 22.0 Å². The van der Waals surface area contributed by atoms with Gasteiger partial charge in [-0.1, -0.05) is 48.0 Å². The van der Waals surface area contributed by atoms with Gasteiger partial charge in [0.25, 0.3) is 5.91 Å². The molecule has 0 heterocycles. The molecule has 7 heteroatoms. The van der Waals surface area contributed by atoms with Gasteiger partial charge < -0.3 is 0 Å². The van der Waals surface area contributed by atoms with Gasteiger partial charge >= 0.3 is 0 Å². The SMILES string of the molecule is Cc1ccc(/C=N\NC(=O)[C@H](C)N(c2ccccc2)S(C)(=O)=O)cc1. The van der Waals surface area contributed by atoms with E-state index in [-0.39, 0.29) is 0 Å². The van der Waals surface area contributed by atoms with Crippen molar-refractivity contribution in [1.29, 1.82) is 0 Å². The first kappa shape index (κ1) is 18.7. The molecule has 1 N–H and O–H groups in total. The van der Waals surface area contributed by atoms with Gasteiger partial charge in [0.1, 0.15) is 6.04 Å². The first-order chi connectivity index (χ1) is 11.8. The molecule has 0 aliphatic rings. The highest BCUT2D eigenvalue weighted by Crippen LogP contribution is 2.20. The molecule has 0 radical (unpaired) electrons. The third kappa shape index (κ3) is 5.15. The number of anilines is 1. The molecule has 0 unspecified atom stereocenters. The normalized spacial score (nSPS) is 12.8. The Labute approximate surface area is 148 Å². The number of aryl methyl sites for hydroxylation is 1. The average Bonchev–Trinajstić information content (AvgIpc) is 2.56. The lowest BCUT2D eigenvalue weighted by Crippen LogP contribution is -2.46. The lowest BCUT2D eigenvalue weighted by atomic mass is 10.2. The minimum absolute atomic E-state index is 0.426. The monoisotopic (exact) mass is 359 g/mol. The number of nitrogens with zero attached hydrogens (tertiary/aromatic N) is 2. The Morgan fingerprint density at radius 1 is 1.12 bits per heavy atom. The molecule has 6 nitrogen and oxygen atoms in total. The fourth-order valence-corrected chi connectivity index (χ4v) is 3.47. The average molecular weight is 359 g/mol. The second-order valence-electron chi connectivity index (χ2n) is 5.72. The molecule has 1 amide bonds. The Morgan fingerprint density at radius 2 is 1.72 bits per heavy atom. The number of sulfonamides is 1. The van der Waals surface area contributed by atoms with Gasteiger partial charge in [0.15, 0.2) is 0 Å². The van der Waals surface area contributed by atoms with Crippen LogP contribution in [-0.4, -0.2) is 32.8 Å². The maximum atomic E-state index is 12.3. The number of carbonyl (C=O) groups is 1. The summed E-state index contributed by atoms with van der Waals surface area (Å²) in [6, 6.07) is 15.2. The van der Waals surface area contributed by atoms with Crippen LogP contribution in [0.2, 0.25) is 0 Å². The molecule has 0 fully saturated rings. The predicted molar refractivity (Wildman–Crippen MR) is 100 cm³/mol. The minimum atomic E-state index is -3.62. The van der Waals surface area contributed by atoms with Crippen molar-refractivity contribution < 1.29 is 13.2 Å². The summed E-state index contributed by atoms with van der Waals surface area (Å²) in [6.45, 7) is 3.50. The molecule has 2 aromatic carbocycles. The maximum absolute atomic E-state index is 12.3. The van der Waals surface area contributed by atoms with Crippen molar-refractivity contribution in [2.75, 3.05) is 10.6 Å². The fraction of sp³-hybridized carbons (Fsp3) is 0.222. The summed E-state index contributed by atoms with van der Waals surface area (Å²) in [5.41, 5.74) is 4.78. The number of benzene rings is 2. The van der Waals surface area contributed by atoms with Crippen LogP contribution in [0.25, 0.3) is 0 Å². The third-order valence-corrected chi connectivity index (χ3v) is 4.81. The Morgan fingerprint density at radius 3 is 2.28 bits per heavy atom. The van der Waals surface area contributed by atoms with Crippen LogP contribution >= 0.6 is 0 Å². The summed E-state index contributed by atoms with van der Waals surface area (Å²) >= 11 is 0. The molecule has 0 saturated carbocycles. The number of para-hydroxylation sites is 1. The maximum Gasteiger partial charge on any atom is 0.263 e. The van der Waals surface area contributed by atoms with Crippen LogP contribution in [0.15, 0.2) is 59.7 Å². The molecule has 2 aromatic rings. The van der Waals surface area contributed by atoms with Crippen molar-refractivity contribution >= 4 is 27.8 Å². The lowest BCUT2D eigenvalue weighted by Gasteiger charge is -2.27. The molecule has 0 aliphatic heterocycles. The second kappa shape index (κ2) is 7.94. The number of hydrazone groups is 1. The van der Waals surface area contributed by atoms with Crippen molar-refractivity contribution in [1.82, 2.24) is 5.43 Å². The van der Waals surface area contributed by atoms with Crippen molar-refractivity contribution in [2.45, 2.75) is 19.9 Å². The highest BCUT2D eigenvalue weighted by Gasteiger charge is 2.28. The molecule has 132 valence electrons. The molecular weight excluding hydrogens is 338 g/mol. The molecule has 1 atom stereocenters. The van der Waals surface area contributed by atoms with Crippen molar-refractivity contribution in [3.8, 4) is 0 Å². The van der Waals surface area contributed by atoms with Crippen LogP contribution in [0, 0.1) is 6.92 Å². The number of hydrogen-bond acceptors (Lipinski definition) is 4. The number of rotatable bonds is 6. The Bertz CT molecular complexity index is 847. The zero-order valence-electron chi connectivity index (χ0n) is 14.4. The standard InChI is InChI=1S/C18H21N3O3S/c1-14-9-11-16(12-10-14)13-19-20-18(22)15(2)21(25(3,23)24)17-7-5-4-6-8-17/h4-13,15H,1-3H3,(H,20,22)/b19-13-/t15-/m0/s1. The van der Waals surface area contributed by atoms with Crippen molar-refractivity contribution in [3.63, 3.8) is 0 Å². The molecule has 2 rings (SSSR count). The van der Waals surface area contributed by atoms with E-state index >= 15 is 0 Å². The number of amides is 1. The highest BCUT2D eigenvalue weighted by molar-refractivity contribution is 7.92. The number of nitrogens with one attached hydrogen (secondary N) is 1. The molecule has 0 bridgehead atoms. The summed E-state index contributed by atoms with van der Waals surface area (Å²) < 4.78 is 25.3. The van der Waals surface area contributed by atoms with E-state index in [1.807, 2.05) is 31.2 Å². The van der Waals surface area contributed by atoms with Gasteiger partial charge in [-0.25, -0.2) is 13.8 Å². The Hall–Kier alpha value is -2.67. The van der Waals surface area contributed by atoms with Crippen molar-refractivity contribution in [2.24, 2.45) is 5.10 Å².